The van der Waals surface area contributed by atoms with E-state index in [1.165, 1.54) is 0 Å². The van der Waals surface area contributed by atoms with Crippen molar-refractivity contribution in [3.05, 3.63) is 0 Å². The standard InChI is InChI=1S/C7H14O3/c1-5(8)7(2)6(9)3-4-10-7/h5-6,8-9H,3-4H2,1-2H3. The van der Waals surface area contributed by atoms with Gasteiger partial charge in [0.1, 0.15) is 5.60 Å². The van der Waals surface area contributed by atoms with Crippen molar-refractivity contribution in [2.24, 2.45) is 0 Å². The van der Waals surface area contributed by atoms with Crippen LogP contribution in [0.15, 0.2) is 0 Å². The fourth-order valence-corrected chi connectivity index (χ4v) is 1.17. The summed E-state index contributed by atoms with van der Waals surface area (Å²) in [7, 11) is 0. The number of hydrogen-bond acceptors (Lipinski definition) is 3. The van der Waals surface area contributed by atoms with Crippen molar-refractivity contribution in [1.29, 1.82) is 0 Å². The van der Waals surface area contributed by atoms with Crippen LogP contribution in [0.5, 0.6) is 0 Å². The van der Waals surface area contributed by atoms with Crippen molar-refractivity contribution in [2.75, 3.05) is 6.61 Å². The lowest BCUT2D eigenvalue weighted by Gasteiger charge is -2.29. The fraction of sp³-hybridized carbons (Fsp3) is 1.00. The molecular formula is C7H14O3. The van der Waals surface area contributed by atoms with Crippen LogP contribution in [0.4, 0.5) is 0 Å². The number of hydrogen-bond donors (Lipinski definition) is 2. The monoisotopic (exact) mass is 146 g/mol. The molecule has 3 heteroatoms. The third kappa shape index (κ3) is 1.05. The van der Waals surface area contributed by atoms with Gasteiger partial charge in [0, 0.05) is 0 Å². The van der Waals surface area contributed by atoms with Gasteiger partial charge in [-0.2, -0.15) is 0 Å². The highest BCUT2D eigenvalue weighted by atomic mass is 16.5. The summed E-state index contributed by atoms with van der Waals surface area (Å²) in [5, 5.41) is 18.5. The lowest BCUT2D eigenvalue weighted by atomic mass is 9.94. The normalized spacial score (nSPS) is 43.8. The van der Waals surface area contributed by atoms with Gasteiger partial charge in [0.2, 0.25) is 0 Å². The van der Waals surface area contributed by atoms with E-state index in [-0.39, 0.29) is 0 Å². The predicted molar refractivity (Wildman–Crippen MR) is 36.7 cm³/mol. The summed E-state index contributed by atoms with van der Waals surface area (Å²) in [4.78, 5) is 0. The maximum atomic E-state index is 9.33. The van der Waals surface area contributed by atoms with Crippen molar-refractivity contribution in [3.8, 4) is 0 Å². The van der Waals surface area contributed by atoms with Gasteiger partial charge in [0.15, 0.2) is 0 Å². The molecule has 3 nitrogen and oxygen atoms in total. The number of aliphatic hydroxyl groups is 2. The van der Waals surface area contributed by atoms with Gasteiger partial charge in [-0.1, -0.05) is 0 Å². The lowest BCUT2D eigenvalue weighted by molar-refractivity contribution is -0.114. The third-order valence-corrected chi connectivity index (χ3v) is 2.30. The molecule has 1 aliphatic rings. The van der Waals surface area contributed by atoms with Gasteiger partial charge >= 0.3 is 0 Å². The Morgan fingerprint density at radius 2 is 2.30 bits per heavy atom. The zero-order valence-electron chi connectivity index (χ0n) is 6.37. The van der Waals surface area contributed by atoms with Crippen molar-refractivity contribution < 1.29 is 14.9 Å². The molecule has 60 valence electrons. The first-order valence-electron chi connectivity index (χ1n) is 3.57. The van der Waals surface area contributed by atoms with Crippen LogP contribution in [-0.2, 0) is 4.74 Å². The van der Waals surface area contributed by atoms with E-state index in [0.29, 0.717) is 13.0 Å². The van der Waals surface area contributed by atoms with Gasteiger partial charge < -0.3 is 14.9 Å². The molecule has 1 saturated heterocycles. The van der Waals surface area contributed by atoms with Crippen molar-refractivity contribution in [1.82, 2.24) is 0 Å². The number of aliphatic hydroxyl groups excluding tert-OH is 2. The highest BCUT2D eigenvalue weighted by Crippen LogP contribution is 2.28. The summed E-state index contributed by atoms with van der Waals surface area (Å²) < 4.78 is 5.21. The number of rotatable bonds is 1. The molecule has 1 heterocycles. The molecule has 0 aromatic heterocycles. The van der Waals surface area contributed by atoms with Gasteiger partial charge in [0.05, 0.1) is 18.8 Å². The average molecular weight is 146 g/mol. The van der Waals surface area contributed by atoms with Gasteiger partial charge in [-0.3, -0.25) is 0 Å². The smallest absolute Gasteiger partial charge is 0.117 e. The molecule has 1 aliphatic heterocycles. The second-order valence-electron chi connectivity index (χ2n) is 3.01. The van der Waals surface area contributed by atoms with E-state index in [0.717, 1.165) is 0 Å². The minimum atomic E-state index is -0.736. The Hall–Kier alpha value is -0.120. The highest BCUT2D eigenvalue weighted by Gasteiger charge is 2.42. The molecule has 0 amide bonds. The van der Waals surface area contributed by atoms with Crippen LogP contribution in [0, 0.1) is 0 Å². The van der Waals surface area contributed by atoms with Gasteiger partial charge in [-0.25, -0.2) is 0 Å². The Labute approximate surface area is 60.6 Å². The van der Waals surface area contributed by atoms with E-state index < -0.39 is 17.8 Å². The summed E-state index contributed by atoms with van der Waals surface area (Å²) >= 11 is 0. The van der Waals surface area contributed by atoms with E-state index in [4.69, 9.17) is 4.74 Å². The molecule has 10 heavy (non-hydrogen) atoms. The van der Waals surface area contributed by atoms with Crippen molar-refractivity contribution in [3.63, 3.8) is 0 Å². The first-order chi connectivity index (χ1) is 4.57. The Morgan fingerprint density at radius 3 is 2.50 bits per heavy atom. The Morgan fingerprint density at radius 1 is 1.70 bits per heavy atom. The van der Waals surface area contributed by atoms with Crippen LogP contribution in [0.3, 0.4) is 0 Å². The Kier molecular flexibility index (Phi) is 1.99. The largest absolute Gasteiger partial charge is 0.390 e. The summed E-state index contributed by atoms with van der Waals surface area (Å²) in [5.41, 5.74) is -0.736. The molecular weight excluding hydrogens is 132 g/mol. The highest BCUT2D eigenvalue weighted by molar-refractivity contribution is 4.92. The van der Waals surface area contributed by atoms with Crippen LogP contribution in [0.1, 0.15) is 20.3 Å². The molecule has 1 rings (SSSR count). The first-order valence-corrected chi connectivity index (χ1v) is 3.57. The minimum absolute atomic E-state index is 0.521. The Bertz CT molecular complexity index is 124. The maximum Gasteiger partial charge on any atom is 0.117 e. The SMILES string of the molecule is CC(O)C1(C)OCCC1O. The van der Waals surface area contributed by atoms with E-state index >= 15 is 0 Å². The quantitative estimate of drug-likeness (QED) is 0.543. The molecule has 0 radical (unpaired) electrons. The van der Waals surface area contributed by atoms with Gasteiger partial charge in [-0.05, 0) is 20.3 Å². The molecule has 3 unspecified atom stereocenters. The Balaban J connectivity index is 2.66. The molecule has 0 aromatic rings. The van der Waals surface area contributed by atoms with Crippen molar-refractivity contribution >= 4 is 0 Å². The number of ether oxygens (including phenoxy) is 1. The second-order valence-corrected chi connectivity index (χ2v) is 3.01. The summed E-state index contributed by atoms with van der Waals surface area (Å²) in [6, 6.07) is 0. The van der Waals surface area contributed by atoms with Crippen LogP contribution in [-0.4, -0.2) is 34.6 Å². The first kappa shape index (κ1) is 7.98. The van der Waals surface area contributed by atoms with Gasteiger partial charge in [0.25, 0.3) is 0 Å². The minimum Gasteiger partial charge on any atom is -0.390 e. The third-order valence-electron chi connectivity index (χ3n) is 2.30. The van der Waals surface area contributed by atoms with Crippen LogP contribution in [0.25, 0.3) is 0 Å². The van der Waals surface area contributed by atoms with Crippen LogP contribution < -0.4 is 0 Å². The fourth-order valence-electron chi connectivity index (χ4n) is 1.17. The molecule has 0 aliphatic carbocycles. The van der Waals surface area contributed by atoms with Gasteiger partial charge in [-0.15, -0.1) is 0 Å². The molecule has 0 saturated carbocycles. The van der Waals surface area contributed by atoms with E-state index in [9.17, 15) is 10.2 Å². The summed E-state index contributed by atoms with van der Waals surface area (Å²) in [6.45, 7) is 3.91. The second kappa shape index (κ2) is 2.49. The molecule has 0 spiro atoms. The molecule has 0 bridgehead atoms. The molecule has 2 N–H and O–H groups in total. The summed E-state index contributed by atoms with van der Waals surface area (Å²) in [5.74, 6) is 0. The van der Waals surface area contributed by atoms with E-state index in [1.807, 2.05) is 0 Å². The lowest BCUT2D eigenvalue weighted by Crippen LogP contribution is -2.45. The zero-order valence-corrected chi connectivity index (χ0v) is 6.37. The van der Waals surface area contributed by atoms with E-state index in [1.54, 1.807) is 13.8 Å². The predicted octanol–water partition coefficient (Wildman–Crippen LogP) is -0.0929. The summed E-state index contributed by atoms with van der Waals surface area (Å²) in [6.07, 6.45) is -0.501. The zero-order chi connectivity index (χ0) is 7.78. The van der Waals surface area contributed by atoms with Crippen LogP contribution in [0.2, 0.25) is 0 Å². The van der Waals surface area contributed by atoms with Crippen molar-refractivity contribution in [2.45, 2.75) is 38.1 Å². The topological polar surface area (TPSA) is 49.7 Å². The molecule has 0 aromatic carbocycles. The molecule has 1 fully saturated rings. The molecule has 3 atom stereocenters. The maximum absolute atomic E-state index is 9.33. The van der Waals surface area contributed by atoms with E-state index in [2.05, 4.69) is 0 Å². The van der Waals surface area contributed by atoms with Crippen LogP contribution >= 0.6 is 0 Å². The average Bonchev–Trinajstić information content (AvgIpc) is 2.15.